The van der Waals surface area contributed by atoms with Crippen LogP contribution in [0.1, 0.15) is 47.2 Å². The normalized spacial score (nSPS) is 11.6. The Morgan fingerprint density at radius 2 is 1.17 bits per heavy atom. The standard InChI is InChI=1S/C16H24O2/c1-9-10(2)12(4)14(13(5)11(9)3)16(6,7)15(17)18-8/h1-8H3. The molecule has 0 aliphatic heterocycles. The molecule has 0 atom stereocenters. The SMILES string of the molecule is COC(=O)C(C)(C)c1c(C)c(C)c(C)c(C)c1C. The highest BCUT2D eigenvalue weighted by Crippen LogP contribution is 2.35. The number of ether oxygens (including phenoxy) is 1. The maximum atomic E-state index is 12.0. The van der Waals surface area contributed by atoms with Crippen LogP contribution in [0.3, 0.4) is 0 Å². The van der Waals surface area contributed by atoms with Crippen molar-refractivity contribution in [3.63, 3.8) is 0 Å². The minimum Gasteiger partial charge on any atom is -0.468 e. The number of esters is 1. The summed E-state index contributed by atoms with van der Waals surface area (Å²) >= 11 is 0. The Kier molecular flexibility index (Phi) is 3.89. The third-order valence-corrected chi connectivity index (χ3v) is 4.32. The largest absolute Gasteiger partial charge is 0.468 e. The fraction of sp³-hybridized carbons (Fsp3) is 0.562. The van der Waals surface area contributed by atoms with E-state index in [0.717, 1.165) is 5.56 Å². The summed E-state index contributed by atoms with van der Waals surface area (Å²) in [4.78, 5) is 12.0. The predicted octanol–water partition coefficient (Wildman–Crippen LogP) is 3.68. The first kappa shape index (κ1) is 14.7. The van der Waals surface area contributed by atoms with Gasteiger partial charge in [-0.3, -0.25) is 4.79 Å². The summed E-state index contributed by atoms with van der Waals surface area (Å²) in [6, 6.07) is 0. The lowest BCUT2D eigenvalue weighted by Gasteiger charge is -2.29. The smallest absolute Gasteiger partial charge is 0.315 e. The molecule has 1 aromatic carbocycles. The number of hydrogen-bond donors (Lipinski definition) is 0. The van der Waals surface area contributed by atoms with E-state index in [-0.39, 0.29) is 5.97 Å². The van der Waals surface area contributed by atoms with E-state index in [1.54, 1.807) is 0 Å². The average molecular weight is 248 g/mol. The van der Waals surface area contributed by atoms with Crippen LogP contribution < -0.4 is 0 Å². The second kappa shape index (κ2) is 4.75. The van der Waals surface area contributed by atoms with Gasteiger partial charge in [0.15, 0.2) is 0 Å². The Balaban J connectivity index is 3.66. The molecule has 0 N–H and O–H groups in total. The Hall–Kier alpha value is -1.31. The second-order valence-electron chi connectivity index (χ2n) is 5.62. The summed E-state index contributed by atoms with van der Waals surface area (Å²) in [6.45, 7) is 14.4. The Morgan fingerprint density at radius 3 is 1.50 bits per heavy atom. The Bertz CT molecular complexity index is 467. The van der Waals surface area contributed by atoms with E-state index in [1.165, 1.54) is 34.9 Å². The molecule has 0 radical (unpaired) electrons. The lowest BCUT2D eigenvalue weighted by atomic mass is 9.75. The highest BCUT2D eigenvalue weighted by atomic mass is 16.5. The first-order chi connectivity index (χ1) is 8.16. The fourth-order valence-electron chi connectivity index (χ4n) is 2.79. The molecule has 0 amide bonds. The molecule has 2 heteroatoms. The molecule has 0 heterocycles. The maximum Gasteiger partial charge on any atom is 0.315 e. The van der Waals surface area contributed by atoms with E-state index < -0.39 is 5.41 Å². The van der Waals surface area contributed by atoms with Crippen LogP contribution in [0.4, 0.5) is 0 Å². The molecular weight excluding hydrogens is 224 g/mol. The lowest BCUT2D eigenvalue weighted by molar-refractivity contribution is -0.146. The van der Waals surface area contributed by atoms with Crippen molar-refractivity contribution < 1.29 is 9.53 Å². The van der Waals surface area contributed by atoms with Crippen LogP contribution in [0.15, 0.2) is 0 Å². The average Bonchev–Trinajstić information content (AvgIpc) is 2.32. The lowest BCUT2D eigenvalue weighted by Crippen LogP contribution is -2.32. The molecule has 0 aliphatic carbocycles. The number of benzene rings is 1. The van der Waals surface area contributed by atoms with Crippen molar-refractivity contribution >= 4 is 5.97 Å². The molecular formula is C16H24O2. The molecule has 0 aliphatic rings. The van der Waals surface area contributed by atoms with E-state index >= 15 is 0 Å². The number of methoxy groups -OCH3 is 1. The molecule has 1 aromatic rings. The van der Waals surface area contributed by atoms with Gasteiger partial charge < -0.3 is 4.74 Å². The first-order valence-electron chi connectivity index (χ1n) is 6.32. The van der Waals surface area contributed by atoms with Gasteiger partial charge >= 0.3 is 5.97 Å². The van der Waals surface area contributed by atoms with Gasteiger partial charge in [-0.25, -0.2) is 0 Å². The number of rotatable bonds is 2. The molecule has 0 saturated carbocycles. The van der Waals surface area contributed by atoms with Gasteiger partial charge in [0.25, 0.3) is 0 Å². The zero-order valence-electron chi connectivity index (χ0n) is 12.8. The number of carbonyl (C=O) groups excluding carboxylic acids is 1. The molecule has 18 heavy (non-hydrogen) atoms. The van der Waals surface area contributed by atoms with Crippen LogP contribution >= 0.6 is 0 Å². The maximum absolute atomic E-state index is 12.0. The molecule has 1 rings (SSSR count). The van der Waals surface area contributed by atoms with Gasteiger partial charge in [-0.1, -0.05) is 0 Å². The van der Waals surface area contributed by atoms with E-state index in [0.29, 0.717) is 0 Å². The zero-order valence-corrected chi connectivity index (χ0v) is 12.8. The van der Waals surface area contributed by atoms with E-state index in [4.69, 9.17) is 4.74 Å². The summed E-state index contributed by atoms with van der Waals surface area (Å²) in [5.41, 5.74) is 6.75. The van der Waals surface area contributed by atoms with E-state index in [1.807, 2.05) is 13.8 Å². The summed E-state index contributed by atoms with van der Waals surface area (Å²) in [5.74, 6) is -0.184. The molecule has 0 fully saturated rings. The van der Waals surface area contributed by atoms with Crippen molar-refractivity contribution in [1.29, 1.82) is 0 Å². The minimum absolute atomic E-state index is 0.184. The van der Waals surface area contributed by atoms with Gasteiger partial charge in [-0.15, -0.1) is 0 Å². The van der Waals surface area contributed by atoms with Crippen LogP contribution in [-0.4, -0.2) is 13.1 Å². The fourth-order valence-corrected chi connectivity index (χ4v) is 2.79. The second-order valence-corrected chi connectivity index (χ2v) is 5.62. The number of carbonyl (C=O) groups is 1. The van der Waals surface area contributed by atoms with Gasteiger partial charge in [0.05, 0.1) is 12.5 Å². The monoisotopic (exact) mass is 248 g/mol. The summed E-state index contributed by atoms with van der Waals surface area (Å²) in [5, 5.41) is 0. The van der Waals surface area contributed by atoms with Crippen LogP contribution in [0.5, 0.6) is 0 Å². The molecule has 0 aromatic heterocycles. The molecule has 0 saturated heterocycles. The molecule has 0 bridgehead atoms. The third-order valence-electron chi connectivity index (χ3n) is 4.32. The third kappa shape index (κ3) is 2.05. The van der Waals surface area contributed by atoms with Gasteiger partial charge in [0.2, 0.25) is 0 Å². The summed E-state index contributed by atoms with van der Waals surface area (Å²) in [6.07, 6.45) is 0. The zero-order chi connectivity index (χ0) is 14.2. The Morgan fingerprint density at radius 1 is 0.833 bits per heavy atom. The highest BCUT2D eigenvalue weighted by molar-refractivity contribution is 5.83. The van der Waals surface area contributed by atoms with E-state index in [9.17, 15) is 4.79 Å². The highest BCUT2D eigenvalue weighted by Gasteiger charge is 2.35. The summed E-state index contributed by atoms with van der Waals surface area (Å²) in [7, 11) is 1.45. The van der Waals surface area contributed by atoms with Crippen molar-refractivity contribution in [3.8, 4) is 0 Å². The van der Waals surface area contributed by atoms with Gasteiger partial charge in [-0.2, -0.15) is 0 Å². The number of hydrogen-bond acceptors (Lipinski definition) is 2. The first-order valence-corrected chi connectivity index (χ1v) is 6.32. The van der Waals surface area contributed by atoms with Crippen molar-refractivity contribution in [2.45, 2.75) is 53.9 Å². The van der Waals surface area contributed by atoms with Crippen molar-refractivity contribution in [2.75, 3.05) is 7.11 Å². The van der Waals surface area contributed by atoms with Crippen LogP contribution in [0, 0.1) is 34.6 Å². The Labute approximate surface area is 110 Å². The van der Waals surface area contributed by atoms with Gasteiger partial charge in [-0.05, 0) is 81.8 Å². The van der Waals surface area contributed by atoms with Gasteiger partial charge in [0.1, 0.15) is 0 Å². The van der Waals surface area contributed by atoms with Crippen LogP contribution in [0.2, 0.25) is 0 Å². The van der Waals surface area contributed by atoms with E-state index in [2.05, 4.69) is 34.6 Å². The molecule has 0 spiro atoms. The molecule has 2 nitrogen and oxygen atoms in total. The quantitative estimate of drug-likeness (QED) is 0.746. The summed E-state index contributed by atoms with van der Waals surface area (Å²) < 4.78 is 4.95. The van der Waals surface area contributed by atoms with Gasteiger partial charge in [0, 0.05) is 0 Å². The van der Waals surface area contributed by atoms with Crippen LogP contribution in [-0.2, 0) is 14.9 Å². The predicted molar refractivity (Wildman–Crippen MR) is 75.2 cm³/mol. The van der Waals surface area contributed by atoms with Crippen molar-refractivity contribution in [1.82, 2.24) is 0 Å². The topological polar surface area (TPSA) is 26.3 Å². The molecule has 100 valence electrons. The minimum atomic E-state index is -0.605. The van der Waals surface area contributed by atoms with Crippen LogP contribution in [0.25, 0.3) is 0 Å². The van der Waals surface area contributed by atoms with Crippen molar-refractivity contribution in [2.24, 2.45) is 0 Å². The van der Waals surface area contributed by atoms with Crippen molar-refractivity contribution in [3.05, 3.63) is 33.4 Å². The molecule has 0 unspecified atom stereocenters.